The molecular weight excluding hydrogens is 258 g/mol. The molecule has 0 bridgehead atoms. The van der Waals surface area contributed by atoms with Gasteiger partial charge in [-0.3, -0.25) is 4.98 Å². The standard InChI is InChI=1S/C13H15N5S/c1-7-4-5-15-6-10(7)16-13-11(12(14)19)8(2)9(3)17-18-13/h4-6H,1-3H3,(H2,14,19)(H,16,18). The number of hydrogen-bond donors (Lipinski definition) is 2. The van der Waals surface area contributed by atoms with Crippen LogP contribution in [0, 0.1) is 20.8 Å². The zero-order valence-corrected chi connectivity index (χ0v) is 11.9. The van der Waals surface area contributed by atoms with Crippen molar-refractivity contribution < 1.29 is 0 Å². The van der Waals surface area contributed by atoms with Gasteiger partial charge in [-0.15, -0.1) is 5.10 Å². The van der Waals surface area contributed by atoms with Gasteiger partial charge in [0.2, 0.25) is 0 Å². The summed E-state index contributed by atoms with van der Waals surface area (Å²) in [7, 11) is 0. The molecule has 0 unspecified atom stereocenters. The van der Waals surface area contributed by atoms with E-state index in [1.165, 1.54) is 0 Å². The van der Waals surface area contributed by atoms with E-state index in [0.29, 0.717) is 10.8 Å². The van der Waals surface area contributed by atoms with Gasteiger partial charge in [-0.05, 0) is 38.0 Å². The summed E-state index contributed by atoms with van der Waals surface area (Å²) in [6, 6.07) is 1.91. The largest absolute Gasteiger partial charge is 0.389 e. The number of nitrogens with zero attached hydrogens (tertiary/aromatic N) is 3. The molecule has 0 aliphatic heterocycles. The number of aromatic nitrogens is 3. The van der Waals surface area contributed by atoms with Crippen LogP contribution in [0.15, 0.2) is 18.5 Å². The third-order valence-corrected chi connectivity index (χ3v) is 3.20. The van der Waals surface area contributed by atoms with Gasteiger partial charge in [0.25, 0.3) is 0 Å². The molecule has 98 valence electrons. The number of hydrogen-bond acceptors (Lipinski definition) is 5. The van der Waals surface area contributed by atoms with E-state index in [9.17, 15) is 0 Å². The van der Waals surface area contributed by atoms with Crippen LogP contribution in [-0.4, -0.2) is 20.2 Å². The fraction of sp³-hybridized carbons (Fsp3) is 0.231. The summed E-state index contributed by atoms with van der Waals surface area (Å²) < 4.78 is 0. The minimum atomic E-state index is 0.305. The Morgan fingerprint density at radius 1 is 1.26 bits per heavy atom. The van der Waals surface area contributed by atoms with Crippen LogP contribution in [0.4, 0.5) is 11.5 Å². The third-order valence-electron chi connectivity index (χ3n) is 2.99. The third kappa shape index (κ3) is 2.68. The van der Waals surface area contributed by atoms with Crippen molar-refractivity contribution in [3.63, 3.8) is 0 Å². The van der Waals surface area contributed by atoms with Crippen LogP contribution in [0.25, 0.3) is 0 Å². The molecule has 3 N–H and O–H groups in total. The van der Waals surface area contributed by atoms with E-state index in [0.717, 1.165) is 28.1 Å². The molecule has 0 amide bonds. The Hall–Kier alpha value is -2.08. The zero-order chi connectivity index (χ0) is 14.0. The molecule has 0 spiro atoms. The Morgan fingerprint density at radius 3 is 2.63 bits per heavy atom. The second kappa shape index (κ2) is 5.27. The van der Waals surface area contributed by atoms with Crippen molar-refractivity contribution in [3.8, 4) is 0 Å². The van der Waals surface area contributed by atoms with Crippen LogP contribution >= 0.6 is 12.2 Å². The van der Waals surface area contributed by atoms with E-state index in [1.807, 2.05) is 26.8 Å². The van der Waals surface area contributed by atoms with Crippen molar-refractivity contribution in [1.82, 2.24) is 15.2 Å². The lowest BCUT2D eigenvalue weighted by Crippen LogP contribution is -2.17. The number of thiocarbonyl (C=S) groups is 1. The first-order valence-corrected chi connectivity index (χ1v) is 6.23. The molecular formula is C13H15N5S. The number of nitrogens with two attached hydrogens (primary N) is 1. The molecule has 0 saturated heterocycles. The summed E-state index contributed by atoms with van der Waals surface area (Å²) in [5, 5.41) is 11.4. The average Bonchev–Trinajstić information content (AvgIpc) is 2.36. The molecule has 0 atom stereocenters. The second-order valence-corrected chi connectivity index (χ2v) is 4.75. The molecule has 19 heavy (non-hydrogen) atoms. The van der Waals surface area contributed by atoms with E-state index >= 15 is 0 Å². The number of pyridine rings is 1. The summed E-state index contributed by atoms with van der Waals surface area (Å²) >= 11 is 5.10. The number of aryl methyl sites for hydroxylation is 2. The molecule has 6 heteroatoms. The number of anilines is 2. The van der Waals surface area contributed by atoms with Crippen LogP contribution in [0.3, 0.4) is 0 Å². The van der Waals surface area contributed by atoms with Gasteiger partial charge in [-0.25, -0.2) is 0 Å². The summed E-state index contributed by atoms with van der Waals surface area (Å²) in [5.74, 6) is 0.562. The lowest BCUT2D eigenvalue weighted by Gasteiger charge is -2.14. The van der Waals surface area contributed by atoms with Gasteiger partial charge in [0.1, 0.15) is 4.99 Å². The predicted molar refractivity (Wildman–Crippen MR) is 79.7 cm³/mol. The molecule has 0 aliphatic carbocycles. The first kappa shape index (κ1) is 13.4. The normalized spacial score (nSPS) is 10.3. The van der Waals surface area contributed by atoms with E-state index in [1.54, 1.807) is 12.4 Å². The van der Waals surface area contributed by atoms with Crippen LogP contribution in [0.5, 0.6) is 0 Å². The average molecular weight is 273 g/mol. The van der Waals surface area contributed by atoms with E-state index in [-0.39, 0.29) is 0 Å². The molecule has 2 heterocycles. The highest BCUT2D eigenvalue weighted by atomic mass is 32.1. The maximum Gasteiger partial charge on any atom is 0.163 e. The Labute approximate surface area is 117 Å². The van der Waals surface area contributed by atoms with Crippen molar-refractivity contribution in [1.29, 1.82) is 0 Å². The molecule has 0 aromatic carbocycles. The first-order chi connectivity index (χ1) is 9.00. The zero-order valence-electron chi connectivity index (χ0n) is 11.1. The molecule has 2 aromatic heterocycles. The SMILES string of the molecule is Cc1ccncc1Nc1nnc(C)c(C)c1C(N)=S. The van der Waals surface area contributed by atoms with E-state index < -0.39 is 0 Å². The van der Waals surface area contributed by atoms with Gasteiger partial charge in [0.15, 0.2) is 5.82 Å². The van der Waals surface area contributed by atoms with Crippen molar-refractivity contribution in [2.24, 2.45) is 5.73 Å². The Kier molecular flexibility index (Phi) is 3.71. The highest BCUT2D eigenvalue weighted by Crippen LogP contribution is 2.23. The summed E-state index contributed by atoms with van der Waals surface area (Å²) in [6.07, 6.45) is 3.47. The van der Waals surface area contributed by atoms with Gasteiger partial charge in [-0.1, -0.05) is 12.2 Å². The van der Waals surface area contributed by atoms with Gasteiger partial charge < -0.3 is 11.1 Å². The predicted octanol–water partition coefficient (Wildman–Crippen LogP) is 2.17. The summed E-state index contributed by atoms with van der Waals surface area (Å²) in [6.45, 7) is 5.79. The van der Waals surface area contributed by atoms with Gasteiger partial charge in [-0.2, -0.15) is 5.10 Å². The molecule has 5 nitrogen and oxygen atoms in total. The summed E-state index contributed by atoms with van der Waals surface area (Å²) in [5.41, 5.74) is 10.2. The highest BCUT2D eigenvalue weighted by Gasteiger charge is 2.14. The van der Waals surface area contributed by atoms with Crippen LogP contribution in [0.2, 0.25) is 0 Å². The Balaban J connectivity index is 2.49. The quantitative estimate of drug-likeness (QED) is 0.835. The fourth-order valence-corrected chi connectivity index (χ4v) is 1.97. The molecule has 0 aliphatic rings. The van der Waals surface area contributed by atoms with Crippen molar-refractivity contribution in [3.05, 3.63) is 40.8 Å². The number of rotatable bonds is 3. The lowest BCUT2D eigenvalue weighted by molar-refractivity contribution is 0.962. The smallest absolute Gasteiger partial charge is 0.163 e. The molecule has 2 aromatic rings. The molecule has 0 radical (unpaired) electrons. The minimum Gasteiger partial charge on any atom is -0.389 e. The van der Waals surface area contributed by atoms with E-state index in [2.05, 4.69) is 20.5 Å². The monoisotopic (exact) mass is 273 g/mol. The Morgan fingerprint density at radius 2 is 2.00 bits per heavy atom. The maximum absolute atomic E-state index is 5.78. The lowest BCUT2D eigenvalue weighted by atomic mass is 10.1. The van der Waals surface area contributed by atoms with Crippen molar-refractivity contribution in [2.75, 3.05) is 5.32 Å². The number of nitrogens with one attached hydrogen (secondary N) is 1. The molecule has 0 saturated carbocycles. The maximum atomic E-state index is 5.78. The van der Waals surface area contributed by atoms with Gasteiger partial charge in [0.05, 0.1) is 23.1 Å². The highest BCUT2D eigenvalue weighted by molar-refractivity contribution is 7.80. The minimum absolute atomic E-state index is 0.305. The molecule has 0 fully saturated rings. The summed E-state index contributed by atoms with van der Waals surface area (Å²) in [4.78, 5) is 4.39. The second-order valence-electron chi connectivity index (χ2n) is 4.31. The Bertz CT molecular complexity index is 639. The first-order valence-electron chi connectivity index (χ1n) is 5.82. The van der Waals surface area contributed by atoms with Gasteiger partial charge in [0, 0.05) is 6.20 Å². The van der Waals surface area contributed by atoms with Gasteiger partial charge >= 0.3 is 0 Å². The molecule has 2 rings (SSSR count). The van der Waals surface area contributed by atoms with E-state index in [4.69, 9.17) is 18.0 Å². The van der Waals surface area contributed by atoms with Crippen LogP contribution in [-0.2, 0) is 0 Å². The topological polar surface area (TPSA) is 76.7 Å². The van der Waals surface area contributed by atoms with Crippen LogP contribution in [0.1, 0.15) is 22.4 Å². The fourth-order valence-electron chi connectivity index (χ4n) is 1.72. The van der Waals surface area contributed by atoms with Crippen molar-refractivity contribution in [2.45, 2.75) is 20.8 Å². The van der Waals surface area contributed by atoms with Crippen LogP contribution < -0.4 is 11.1 Å². The van der Waals surface area contributed by atoms with Crippen molar-refractivity contribution >= 4 is 28.7 Å².